The van der Waals surface area contributed by atoms with E-state index < -0.39 is 5.97 Å². The minimum atomic E-state index is -0.701. The fraction of sp³-hybridized carbons (Fsp3) is 0.571. The predicted octanol–water partition coefficient (Wildman–Crippen LogP) is 1.95. The Kier molecular flexibility index (Phi) is 4.70. The first-order valence-electron chi connectivity index (χ1n) is 6.64. The Hall–Kier alpha value is -1.42. The molecule has 1 aliphatic heterocycles. The molecule has 4 heteroatoms. The van der Waals surface area contributed by atoms with E-state index in [9.17, 15) is 9.90 Å². The fourth-order valence-corrected chi connectivity index (χ4v) is 2.52. The van der Waals surface area contributed by atoms with Crippen LogP contribution in [-0.4, -0.2) is 40.1 Å². The van der Waals surface area contributed by atoms with Gasteiger partial charge >= 0.3 is 5.97 Å². The van der Waals surface area contributed by atoms with Crippen molar-refractivity contribution in [3.63, 3.8) is 0 Å². The Balaban J connectivity index is 1.92. The monoisotopic (exact) mass is 248 g/mol. The average molecular weight is 248 g/mol. The van der Waals surface area contributed by atoms with Gasteiger partial charge in [0.05, 0.1) is 0 Å². The molecule has 1 aliphatic rings. The standard InChI is InChI=1S/C14H20N2O2/c17-14(18)13(16-10-4-1-5-11-16)8-7-12-6-2-3-9-15-12/h2-3,6,9,13H,1,4-5,7-8,10-11H2,(H,17,18). The third-order valence-electron chi connectivity index (χ3n) is 3.52. The molecule has 1 aromatic rings. The minimum Gasteiger partial charge on any atom is -0.480 e. The summed E-state index contributed by atoms with van der Waals surface area (Å²) in [5.74, 6) is -0.701. The molecule has 0 amide bonds. The second kappa shape index (κ2) is 6.50. The van der Waals surface area contributed by atoms with E-state index >= 15 is 0 Å². The molecular weight excluding hydrogens is 228 g/mol. The molecule has 1 N–H and O–H groups in total. The summed E-state index contributed by atoms with van der Waals surface area (Å²) in [5, 5.41) is 9.34. The van der Waals surface area contributed by atoms with Crippen molar-refractivity contribution in [3.05, 3.63) is 30.1 Å². The summed E-state index contributed by atoms with van der Waals surface area (Å²) in [6.45, 7) is 1.83. The molecule has 0 spiro atoms. The van der Waals surface area contributed by atoms with E-state index in [0.717, 1.165) is 38.0 Å². The molecule has 4 nitrogen and oxygen atoms in total. The van der Waals surface area contributed by atoms with Crippen molar-refractivity contribution >= 4 is 5.97 Å². The Morgan fingerprint density at radius 1 is 1.33 bits per heavy atom. The van der Waals surface area contributed by atoms with Crippen molar-refractivity contribution in [1.82, 2.24) is 9.88 Å². The molecule has 18 heavy (non-hydrogen) atoms. The molecule has 0 radical (unpaired) electrons. The number of pyridine rings is 1. The van der Waals surface area contributed by atoms with E-state index in [0.29, 0.717) is 6.42 Å². The molecule has 0 saturated carbocycles. The number of aliphatic carboxylic acids is 1. The van der Waals surface area contributed by atoms with E-state index in [4.69, 9.17) is 0 Å². The lowest BCUT2D eigenvalue weighted by Crippen LogP contribution is -2.44. The molecule has 0 aliphatic carbocycles. The number of hydrogen-bond acceptors (Lipinski definition) is 3. The lowest BCUT2D eigenvalue weighted by Gasteiger charge is -2.31. The SMILES string of the molecule is O=C(O)C(CCc1ccccn1)N1CCCCC1. The maximum atomic E-state index is 11.4. The summed E-state index contributed by atoms with van der Waals surface area (Å²) >= 11 is 0. The zero-order valence-electron chi connectivity index (χ0n) is 10.6. The van der Waals surface area contributed by atoms with Crippen molar-refractivity contribution in [2.45, 2.75) is 38.1 Å². The van der Waals surface area contributed by atoms with Gasteiger partial charge in [-0.3, -0.25) is 14.7 Å². The molecule has 2 rings (SSSR count). The van der Waals surface area contributed by atoms with Gasteiger partial charge in [-0.05, 0) is 50.9 Å². The van der Waals surface area contributed by atoms with Crippen molar-refractivity contribution < 1.29 is 9.90 Å². The summed E-state index contributed by atoms with van der Waals surface area (Å²) in [6, 6.07) is 5.42. The van der Waals surface area contributed by atoms with E-state index in [-0.39, 0.29) is 6.04 Å². The van der Waals surface area contributed by atoms with Gasteiger partial charge in [-0.15, -0.1) is 0 Å². The van der Waals surface area contributed by atoms with Crippen molar-refractivity contribution in [2.24, 2.45) is 0 Å². The van der Waals surface area contributed by atoms with Gasteiger partial charge in [0.25, 0.3) is 0 Å². The molecule has 0 aromatic carbocycles. The second-order valence-electron chi connectivity index (χ2n) is 4.81. The number of likely N-dealkylation sites (tertiary alicyclic amines) is 1. The Morgan fingerprint density at radius 2 is 2.11 bits per heavy atom. The predicted molar refractivity (Wildman–Crippen MR) is 69.4 cm³/mol. The lowest BCUT2D eigenvalue weighted by atomic mass is 10.0. The Labute approximate surface area is 108 Å². The average Bonchev–Trinajstić information content (AvgIpc) is 2.41. The molecular formula is C14H20N2O2. The maximum absolute atomic E-state index is 11.4. The summed E-state index contributed by atoms with van der Waals surface area (Å²) in [7, 11) is 0. The number of hydrogen-bond donors (Lipinski definition) is 1. The number of piperidine rings is 1. The quantitative estimate of drug-likeness (QED) is 0.865. The van der Waals surface area contributed by atoms with Crippen LogP contribution in [0.1, 0.15) is 31.4 Å². The first kappa shape index (κ1) is 13.0. The van der Waals surface area contributed by atoms with Crippen LogP contribution in [0.2, 0.25) is 0 Å². The number of carbonyl (C=O) groups is 1. The highest BCUT2D eigenvalue weighted by molar-refractivity contribution is 5.73. The lowest BCUT2D eigenvalue weighted by molar-refractivity contribution is -0.144. The fourth-order valence-electron chi connectivity index (χ4n) is 2.52. The minimum absolute atomic E-state index is 0.354. The largest absolute Gasteiger partial charge is 0.480 e. The third kappa shape index (κ3) is 3.53. The molecule has 1 atom stereocenters. The van der Waals surface area contributed by atoms with Gasteiger partial charge in [-0.25, -0.2) is 0 Å². The number of carboxylic acids is 1. The van der Waals surface area contributed by atoms with Crippen LogP contribution in [0.4, 0.5) is 0 Å². The van der Waals surface area contributed by atoms with Gasteiger partial charge in [0.15, 0.2) is 0 Å². The zero-order valence-corrected chi connectivity index (χ0v) is 10.6. The van der Waals surface area contributed by atoms with E-state index in [2.05, 4.69) is 9.88 Å². The van der Waals surface area contributed by atoms with Crippen LogP contribution in [0.3, 0.4) is 0 Å². The normalized spacial score (nSPS) is 18.4. The molecule has 98 valence electrons. The number of carboxylic acid groups (broad SMARTS) is 1. The number of aryl methyl sites for hydroxylation is 1. The van der Waals surface area contributed by atoms with Gasteiger partial charge in [-0.2, -0.15) is 0 Å². The molecule has 1 fully saturated rings. The van der Waals surface area contributed by atoms with Crippen LogP contribution in [0.15, 0.2) is 24.4 Å². The summed E-state index contributed by atoms with van der Waals surface area (Å²) in [5.41, 5.74) is 0.973. The Morgan fingerprint density at radius 3 is 2.72 bits per heavy atom. The van der Waals surface area contributed by atoms with Crippen LogP contribution >= 0.6 is 0 Å². The first-order valence-corrected chi connectivity index (χ1v) is 6.64. The summed E-state index contributed by atoms with van der Waals surface area (Å²) in [6.07, 6.45) is 6.59. The number of rotatable bonds is 5. The number of aromatic nitrogens is 1. The van der Waals surface area contributed by atoms with Crippen molar-refractivity contribution in [1.29, 1.82) is 0 Å². The van der Waals surface area contributed by atoms with Gasteiger partial charge in [-0.1, -0.05) is 12.5 Å². The molecule has 1 unspecified atom stereocenters. The van der Waals surface area contributed by atoms with Crippen LogP contribution in [0, 0.1) is 0 Å². The smallest absolute Gasteiger partial charge is 0.320 e. The zero-order chi connectivity index (χ0) is 12.8. The first-order chi connectivity index (χ1) is 8.77. The van der Waals surface area contributed by atoms with Crippen LogP contribution in [0.25, 0.3) is 0 Å². The highest BCUT2D eigenvalue weighted by Crippen LogP contribution is 2.16. The van der Waals surface area contributed by atoms with E-state index in [1.54, 1.807) is 6.20 Å². The molecule has 1 aromatic heterocycles. The maximum Gasteiger partial charge on any atom is 0.320 e. The summed E-state index contributed by atoms with van der Waals surface area (Å²) < 4.78 is 0. The highest BCUT2D eigenvalue weighted by Gasteiger charge is 2.26. The molecule has 2 heterocycles. The second-order valence-corrected chi connectivity index (χ2v) is 4.81. The van der Waals surface area contributed by atoms with Crippen molar-refractivity contribution in [2.75, 3.05) is 13.1 Å². The van der Waals surface area contributed by atoms with Gasteiger partial charge in [0, 0.05) is 11.9 Å². The van der Waals surface area contributed by atoms with Crippen LogP contribution < -0.4 is 0 Å². The van der Waals surface area contributed by atoms with E-state index in [1.807, 2.05) is 18.2 Å². The molecule has 1 saturated heterocycles. The van der Waals surface area contributed by atoms with Gasteiger partial charge in [0.2, 0.25) is 0 Å². The molecule has 0 bridgehead atoms. The van der Waals surface area contributed by atoms with Gasteiger partial charge in [0.1, 0.15) is 6.04 Å². The third-order valence-corrected chi connectivity index (χ3v) is 3.52. The van der Waals surface area contributed by atoms with Crippen molar-refractivity contribution in [3.8, 4) is 0 Å². The van der Waals surface area contributed by atoms with Crippen LogP contribution in [-0.2, 0) is 11.2 Å². The van der Waals surface area contributed by atoms with Crippen LogP contribution in [0.5, 0.6) is 0 Å². The van der Waals surface area contributed by atoms with E-state index in [1.165, 1.54) is 6.42 Å². The Bertz CT molecular complexity index is 375. The summed E-state index contributed by atoms with van der Waals surface area (Å²) in [4.78, 5) is 17.7. The number of nitrogens with zero attached hydrogens (tertiary/aromatic N) is 2. The topological polar surface area (TPSA) is 53.4 Å². The van der Waals surface area contributed by atoms with Gasteiger partial charge < -0.3 is 5.11 Å². The highest BCUT2D eigenvalue weighted by atomic mass is 16.4.